The predicted molar refractivity (Wildman–Crippen MR) is 78.5 cm³/mol. The molecule has 2 rings (SSSR count). The van der Waals surface area contributed by atoms with Crippen molar-refractivity contribution >= 4 is 5.96 Å². The third kappa shape index (κ3) is 3.33. The second kappa shape index (κ2) is 6.56. The predicted octanol–water partition coefficient (Wildman–Crippen LogP) is 1.81. The highest BCUT2D eigenvalue weighted by Gasteiger charge is 2.14. The van der Waals surface area contributed by atoms with Crippen LogP contribution in [-0.4, -0.2) is 13.0 Å². The molecule has 0 unspecified atom stereocenters. The molecule has 0 aliphatic carbocycles. The van der Waals surface area contributed by atoms with Gasteiger partial charge in [-0.1, -0.05) is 60.7 Å². The summed E-state index contributed by atoms with van der Waals surface area (Å²) in [5.74, 6) is 6.00. The molecule has 0 radical (unpaired) electrons. The van der Waals surface area contributed by atoms with Gasteiger partial charge in [0.1, 0.15) is 0 Å². The molecule has 0 atom stereocenters. The second-order valence-electron chi connectivity index (χ2n) is 4.12. The van der Waals surface area contributed by atoms with Crippen molar-refractivity contribution in [1.82, 2.24) is 10.7 Å². The summed E-state index contributed by atoms with van der Waals surface area (Å²) in [5, 5.41) is 3.30. The van der Waals surface area contributed by atoms with E-state index in [1.54, 1.807) is 7.05 Å². The number of guanidine groups is 1. The molecule has 0 aliphatic rings. The van der Waals surface area contributed by atoms with E-state index in [1.807, 2.05) is 36.4 Å². The van der Waals surface area contributed by atoms with Crippen molar-refractivity contribution in [2.75, 3.05) is 7.05 Å². The van der Waals surface area contributed by atoms with E-state index in [2.05, 4.69) is 40.0 Å². The van der Waals surface area contributed by atoms with Crippen LogP contribution in [0.3, 0.4) is 0 Å². The maximum absolute atomic E-state index is 5.44. The molecule has 0 spiro atoms. The number of benzene rings is 2. The molecule has 2 aromatic rings. The SMILES string of the molecule is CN=C(NN)NC(c1ccccc1)c1ccccc1. The van der Waals surface area contributed by atoms with E-state index in [4.69, 9.17) is 5.84 Å². The first kappa shape index (κ1) is 13.1. The lowest BCUT2D eigenvalue weighted by Gasteiger charge is -2.21. The Kier molecular flexibility index (Phi) is 4.53. The Morgan fingerprint density at radius 3 is 1.79 bits per heavy atom. The standard InChI is InChI=1S/C15H18N4/c1-17-15(19-16)18-14(12-8-4-2-5-9-12)13-10-6-3-7-11-13/h2-11,14H,16H2,1H3,(H2,17,18,19). The topological polar surface area (TPSA) is 62.4 Å². The van der Waals surface area contributed by atoms with Gasteiger partial charge in [0.25, 0.3) is 0 Å². The number of nitrogens with zero attached hydrogens (tertiary/aromatic N) is 1. The molecular formula is C15H18N4. The summed E-state index contributed by atoms with van der Waals surface area (Å²) in [5.41, 5.74) is 4.88. The summed E-state index contributed by atoms with van der Waals surface area (Å²) in [4.78, 5) is 4.07. The molecule has 0 aromatic heterocycles. The summed E-state index contributed by atoms with van der Waals surface area (Å²) < 4.78 is 0. The van der Waals surface area contributed by atoms with Crippen LogP contribution in [-0.2, 0) is 0 Å². The van der Waals surface area contributed by atoms with E-state index in [-0.39, 0.29) is 6.04 Å². The molecular weight excluding hydrogens is 236 g/mol. The van der Waals surface area contributed by atoms with Gasteiger partial charge >= 0.3 is 0 Å². The molecule has 4 nitrogen and oxygen atoms in total. The lowest BCUT2D eigenvalue weighted by Crippen LogP contribution is -2.43. The zero-order valence-corrected chi connectivity index (χ0v) is 10.9. The van der Waals surface area contributed by atoms with E-state index in [0.717, 1.165) is 11.1 Å². The second-order valence-corrected chi connectivity index (χ2v) is 4.12. The van der Waals surface area contributed by atoms with E-state index in [1.165, 1.54) is 0 Å². The average Bonchev–Trinajstić information content (AvgIpc) is 2.50. The van der Waals surface area contributed by atoms with Gasteiger partial charge in [-0.05, 0) is 11.1 Å². The van der Waals surface area contributed by atoms with Crippen LogP contribution in [0, 0.1) is 0 Å². The summed E-state index contributed by atoms with van der Waals surface area (Å²) in [6.45, 7) is 0. The monoisotopic (exact) mass is 254 g/mol. The Balaban J connectivity index is 2.34. The van der Waals surface area contributed by atoms with Gasteiger partial charge in [-0.25, -0.2) is 5.84 Å². The van der Waals surface area contributed by atoms with Gasteiger partial charge < -0.3 is 5.32 Å². The smallest absolute Gasteiger partial charge is 0.206 e. The van der Waals surface area contributed by atoms with Crippen molar-refractivity contribution in [3.05, 3.63) is 71.8 Å². The third-order valence-electron chi connectivity index (χ3n) is 2.91. The highest BCUT2D eigenvalue weighted by molar-refractivity contribution is 5.79. The van der Waals surface area contributed by atoms with E-state index >= 15 is 0 Å². The molecule has 0 saturated heterocycles. The quantitative estimate of drug-likeness (QED) is 0.339. The lowest BCUT2D eigenvalue weighted by molar-refractivity contribution is 0.730. The number of rotatable bonds is 3. The number of hydrogen-bond donors (Lipinski definition) is 3. The van der Waals surface area contributed by atoms with Gasteiger partial charge in [0.15, 0.2) is 0 Å². The zero-order valence-electron chi connectivity index (χ0n) is 10.9. The lowest BCUT2D eigenvalue weighted by atomic mass is 9.99. The normalized spacial score (nSPS) is 11.4. The summed E-state index contributed by atoms with van der Waals surface area (Å²) >= 11 is 0. The van der Waals surface area contributed by atoms with Crippen LogP contribution in [0.4, 0.5) is 0 Å². The van der Waals surface area contributed by atoms with Crippen LogP contribution in [0.5, 0.6) is 0 Å². The average molecular weight is 254 g/mol. The first-order valence-corrected chi connectivity index (χ1v) is 6.15. The van der Waals surface area contributed by atoms with Gasteiger partial charge in [0.2, 0.25) is 5.96 Å². The third-order valence-corrected chi connectivity index (χ3v) is 2.91. The van der Waals surface area contributed by atoms with Crippen molar-refractivity contribution in [2.45, 2.75) is 6.04 Å². The fourth-order valence-corrected chi connectivity index (χ4v) is 1.96. The maximum atomic E-state index is 5.44. The van der Waals surface area contributed by atoms with Crippen LogP contribution in [0.1, 0.15) is 17.2 Å². The van der Waals surface area contributed by atoms with Gasteiger partial charge in [-0.3, -0.25) is 10.4 Å². The van der Waals surface area contributed by atoms with Crippen molar-refractivity contribution in [2.24, 2.45) is 10.8 Å². The molecule has 0 heterocycles. The fraction of sp³-hybridized carbons (Fsp3) is 0.133. The minimum Gasteiger partial charge on any atom is -0.344 e. The van der Waals surface area contributed by atoms with Gasteiger partial charge in [0, 0.05) is 7.05 Å². The first-order chi connectivity index (χ1) is 9.35. The first-order valence-electron chi connectivity index (χ1n) is 6.15. The van der Waals surface area contributed by atoms with Crippen molar-refractivity contribution < 1.29 is 0 Å². The van der Waals surface area contributed by atoms with E-state index in [9.17, 15) is 0 Å². The maximum Gasteiger partial charge on any atom is 0.206 e. The van der Waals surface area contributed by atoms with Crippen LogP contribution in [0.15, 0.2) is 65.7 Å². The van der Waals surface area contributed by atoms with Gasteiger partial charge in [-0.15, -0.1) is 0 Å². The Morgan fingerprint density at radius 1 is 0.947 bits per heavy atom. The molecule has 2 aromatic carbocycles. The minimum absolute atomic E-state index is 0.0112. The fourth-order valence-electron chi connectivity index (χ4n) is 1.96. The Bertz CT molecular complexity index is 483. The number of aliphatic imine (C=N–C) groups is 1. The highest BCUT2D eigenvalue weighted by Crippen LogP contribution is 2.21. The number of nitrogens with two attached hydrogens (primary N) is 1. The molecule has 0 aliphatic heterocycles. The highest BCUT2D eigenvalue weighted by atomic mass is 15.3. The molecule has 0 fully saturated rings. The molecule has 98 valence electrons. The van der Waals surface area contributed by atoms with Gasteiger partial charge in [-0.2, -0.15) is 0 Å². The molecule has 0 amide bonds. The van der Waals surface area contributed by atoms with Crippen LogP contribution in [0.2, 0.25) is 0 Å². The Hall–Kier alpha value is -2.33. The number of nitrogens with one attached hydrogen (secondary N) is 2. The van der Waals surface area contributed by atoms with Gasteiger partial charge in [0.05, 0.1) is 6.04 Å². The van der Waals surface area contributed by atoms with Crippen molar-refractivity contribution in [3.63, 3.8) is 0 Å². The summed E-state index contributed by atoms with van der Waals surface area (Å²) in [6.07, 6.45) is 0. The Morgan fingerprint density at radius 2 is 1.42 bits per heavy atom. The van der Waals surface area contributed by atoms with E-state index in [0.29, 0.717) is 5.96 Å². The zero-order chi connectivity index (χ0) is 13.5. The van der Waals surface area contributed by atoms with Crippen LogP contribution < -0.4 is 16.6 Å². The molecule has 19 heavy (non-hydrogen) atoms. The Labute approximate surface area is 113 Å². The molecule has 0 bridgehead atoms. The molecule has 4 N–H and O–H groups in total. The summed E-state index contributed by atoms with van der Waals surface area (Å²) in [7, 11) is 1.69. The summed E-state index contributed by atoms with van der Waals surface area (Å²) in [6, 6.07) is 20.4. The van der Waals surface area contributed by atoms with E-state index < -0.39 is 0 Å². The minimum atomic E-state index is 0.0112. The molecule has 4 heteroatoms. The number of hydrazine groups is 1. The van der Waals surface area contributed by atoms with Crippen LogP contribution in [0.25, 0.3) is 0 Å². The van der Waals surface area contributed by atoms with Crippen LogP contribution >= 0.6 is 0 Å². The molecule has 0 saturated carbocycles. The van der Waals surface area contributed by atoms with Crippen molar-refractivity contribution in [1.29, 1.82) is 0 Å². The van der Waals surface area contributed by atoms with Crippen molar-refractivity contribution in [3.8, 4) is 0 Å². The number of hydrogen-bond acceptors (Lipinski definition) is 2. The largest absolute Gasteiger partial charge is 0.344 e.